The van der Waals surface area contributed by atoms with Crippen molar-refractivity contribution in [2.75, 3.05) is 17.1 Å². The number of carbonyl (C=O) groups is 2. The molecule has 1 fully saturated rings. The minimum Gasteiger partial charge on any atom is -0.352 e. The van der Waals surface area contributed by atoms with Gasteiger partial charge in [-0.15, -0.1) is 0 Å². The van der Waals surface area contributed by atoms with Crippen LogP contribution < -0.4 is 9.62 Å². The zero-order valence-corrected chi connectivity index (χ0v) is 25.6. The monoisotopic (exact) mass is 615 g/mol. The molecule has 1 atom stereocenters. The van der Waals surface area contributed by atoms with Crippen LogP contribution in [0, 0.1) is 6.92 Å². The first-order valence-electron chi connectivity index (χ1n) is 13.2. The summed E-state index contributed by atoms with van der Waals surface area (Å²) >= 11 is 19.0. The minimum absolute atomic E-state index is 0.0287. The molecule has 0 spiro atoms. The molecule has 1 unspecified atom stereocenters. The molecule has 0 aromatic heterocycles. The summed E-state index contributed by atoms with van der Waals surface area (Å²) in [5.41, 5.74) is 1.79. The van der Waals surface area contributed by atoms with Crippen molar-refractivity contribution in [2.24, 2.45) is 0 Å². The van der Waals surface area contributed by atoms with E-state index in [1.807, 2.05) is 6.92 Å². The number of sulfonamides is 1. The van der Waals surface area contributed by atoms with Crippen molar-refractivity contribution in [3.05, 3.63) is 62.6 Å². The summed E-state index contributed by atoms with van der Waals surface area (Å²) < 4.78 is 26.5. The molecule has 2 aromatic rings. The molecular formula is C28H36Cl3N3O4S. The third-order valence-corrected chi connectivity index (χ3v) is 9.19. The van der Waals surface area contributed by atoms with Crippen molar-refractivity contribution in [1.29, 1.82) is 0 Å². The lowest BCUT2D eigenvalue weighted by Crippen LogP contribution is -2.51. The van der Waals surface area contributed by atoms with Crippen molar-refractivity contribution in [3.8, 4) is 0 Å². The lowest BCUT2D eigenvalue weighted by atomic mass is 10.1. The highest BCUT2D eigenvalue weighted by molar-refractivity contribution is 7.92. The third kappa shape index (κ3) is 8.49. The molecule has 39 heavy (non-hydrogen) atoms. The second kappa shape index (κ2) is 14.1. The summed E-state index contributed by atoms with van der Waals surface area (Å²) in [5, 5.41) is 4.34. The Hall–Kier alpha value is -2.00. The van der Waals surface area contributed by atoms with E-state index in [4.69, 9.17) is 34.8 Å². The van der Waals surface area contributed by atoms with E-state index in [0.29, 0.717) is 32.7 Å². The highest BCUT2D eigenvalue weighted by Gasteiger charge is 2.31. The molecule has 0 saturated heterocycles. The fraction of sp³-hybridized carbons (Fsp3) is 0.500. The van der Waals surface area contributed by atoms with Crippen LogP contribution in [0.4, 0.5) is 5.69 Å². The zero-order chi connectivity index (χ0) is 28.7. The number of anilines is 1. The maximum atomic E-state index is 13.7. The van der Waals surface area contributed by atoms with E-state index >= 15 is 0 Å². The van der Waals surface area contributed by atoms with Crippen LogP contribution in [0.2, 0.25) is 15.1 Å². The number of aryl methyl sites for hydroxylation is 1. The molecule has 0 radical (unpaired) electrons. The van der Waals surface area contributed by atoms with Gasteiger partial charge >= 0.3 is 0 Å². The number of hydrogen-bond donors (Lipinski definition) is 1. The van der Waals surface area contributed by atoms with Crippen LogP contribution in [0.25, 0.3) is 0 Å². The summed E-state index contributed by atoms with van der Waals surface area (Å²) in [6, 6.07) is 9.57. The van der Waals surface area contributed by atoms with Crippen molar-refractivity contribution in [3.63, 3.8) is 0 Å². The van der Waals surface area contributed by atoms with Gasteiger partial charge < -0.3 is 10.2 Å². The van der Waals surface area contributed by atoms with E-state index < -0.39 is 16.1 Å². The van der Waals surface area contributed by atoms with Gasteiger partial charge in [0.05, 0.1) is 11.9 Å². The maximum Gasteiger partial charge on any atom is 0.243 e. The molecule has 1 aliphatic carbocycles. The smallest absolute Gasteiger partial charge is 0.243 e. The van der Waals surface area contributed by atoms with Gasteiger partial charge in [-0.25, -0.2) is 8.42 Å². The molecule has 2 amide bonds. The SMILES string of the molecule is CCC(C(=O)NC1CCCC1)N(Cc1c(Cl)cccc1Cl)C(=O)CCCN(c1cc(Cl)ccc1C)S(C)(=O)=O. The topological polar surface area (TPSA) is 86.8 Å². The number of hydrogen-bond acceptors (Lipinski definition) is 4. The van der Waals surface area contributed by atoms with Crippen molar-refractivity contribution >= 4 is 62.3 Å². The highest BCUT2D eigenvalue weighted by atomic mass is 35.5. The van der Waals surface area contributed by atoms with Gasteiger partial charge in [0.25, 0.3) is 0 Å². The van der Waals surface area contributed by atoms with Gasteiger partial charge in [-0.3, -0.25) is 13.9 Å². The van der Waals surface area contributed by atoms with Crippen LogP contribution in [0.15, 0.2) is 36.4 Å². The van der Waals surface area contributed by atoms with Crippen LogP contribution >= 0.6 is 34.8 Å². The average Bonchev–Trinajstić information content (AvgIpc) is 3.37. The fourth-order valence-electron chi connectivity index (χ4n) is 4.97. The van der Waals surface area contributed by atoms with Crippen molar-refractivity contribution in [1.82, 2.24) is 10.2 Å². The number of benzene rings is 2. The number of carbonyl (C=O) groups excluding carboxylic acids is 2. The molecule has 1 saturated carbocycles. The van der Waals surface area contributed by atoms with Crippen LogP contribution in [-0.4, -0.2) is 50.0 Å². The maximum absolute atomic E-state index is 13.7. The summed E-state index contributed by atoms with van der Waals surface area (Å²) in [7, 11) is -3.63. The Labute approximate surface area is 246 Å². The molecule has 0 aliphatic heterocycles. The van der Waals surface area contributed by atoms with Crippen molar-refractivity contribution in [2.45, 2.75) is 77.4 Å². The summed E-state index contributed by atoms with van der Waals surface area (Å²) in [5.74, 6) is -0.482. The molecule has 214 valence electrons. The zero-order valence-electron chi connectivity index (χ0n) is 22.6. The summed E-state index contributed by atoms with van der Waals surface area (Å²) in [6.07, 6.45) is 5.80. The molecule has 2 aromatic carbocycles. The van der Waals surface area contributed by atoms with Gasteiger partial charge in [-0.05, 0) is 62.4 Å². The van der Waals surface area contributed by atoms with Crippen LogP contribution in [0.3, 0.4) is 0 Å². The molecule has 1 N–H and O–H groups in total. The number of rotatable bonds is 12. The quantitative estimate of drug-likeness (QED) is 0.300. The van der Waals surface area contributed by atoms with Gasteiger partial charge in [0.2, 0.25) is 21.8 Å². The highest BCUT2D eigenvalue weighted by Crippen LogP contribution is 2.29. The number of nitrogens with one attached hydrogen (secondary N) is 1. The Morgan fingerprint density at radius 2 is 1.72 bits per heavy atom. The number of halogens is 3. The van der Waals surface area contributed by atoms with Gasteiger partial charge in [0, 0.05) is 46.2 Å². The predicted molar refractivity (Wildman–Crippen MR) is 159 cm³/mol. The first-order chi connectivity index (χ1) is 18.4. The molecule has 11 heteroatoms. The molecular weight excluding hydrogens is 581 g/mol. The Kier molecular flexibility index (Phi) is 11.4. The minimum atomic E-state index is -3.63. The van der Waals surface area contributed by atoms with E-state index in [9.17, 15) is 18.0 Å². The largest absolute Gasteiger partial charge is 0.352 e. The summed E-state index contributed by atoms with van der Waals surface area (Å²) in [4.78, 5) is 28.5. The van der Waals surface area contributed by atoms with E-state index in [2.05, 4.69) is 5.32 Å². The normalized spacial score (nSPS) is 14.7. The second-order valence-electron chi connectivity index (χ2n) is 10.0. The van der Waals surface area contributed by atoms with Gasteiger partial charge in [0.1, 0.15) is 6.04 Å². The Balaban J connectivity index is 1.82. The molecule has 1 aliphatic rings. The molecule has 0 bridgehead atoms. The third-order valence-electron chi connectivity index (χ3n) is 7.07. The van der Waals surface area contributed by atoms with Crippen molar-refractivity contribution < 1.29 is 18.0 Å². The number of amides is 2. The molecule has 0 heterocycles. The standard InChI is InChI=1S/C28H36Cl3N3O4S/c1-4-25(28(36)32-21-9-5-6-10-21)33(18-22-23(30)11-7-12-24(22)31)27(35)13-8-16-34(39(3,37)38)26-17-20(29)15-14-19(26)2/h7,11-12,14-15,17,21,25H,4-6,8-10,13,16,18H2,1-3H3,(H,32,36). The van der Waals surface area contributed by atoms with E-state index in [0.717, 1.165) is 37.5 Å². The number of nitrogens with zero attached hydrogens (tertiary/aromatic N) is 2. The second-order valence-corrected chi connectivity index (χ2v) is 13.2. The lowest BCUT2D eigenvalue weighted by Gasteiger charge is -2.32. The predicted octanol–water partition coefficient (Wildman–Crippen LogP) is 6.37. The molecule has 7 nitrogen and oxygen atoms in total. The first-order valence-corrected chi connectivity index (χ1v) is 16.2. The lowest BCUT2D eigenvalue weighted by molar-refractivity contribution is -0.141. The van der Waals surface area contributed by atoms with Crippen LogP contribution in [-0.2, 0) is 26.2 Å². The van der Waals surface area contributed by atoms with Gasteiger partial charge in [0.15, 0.2) is 0 Å². The summed E-state index contributed by atoms with van der Waals surface area (Å²) in [6.45, 7) is 3.81. The first kappa shape index (κ1) is 31.5. The van der Waals surface area contributed by atoms with E-state index in [1.54, 1.807) is 43.3 Å². The van der Waals surface area contributed by atoms with Gasteiger partial charge in [-0.2, -0.15) is 0 Å². The Bertz CT molecular complexity index is 1260. The fourth-order valence-corrected chi connectivity index (χ4v) is 6.67. The van der Waals surface area contributed by atoms with Gasteiger partial charge in [-0.1, -0.05) is 66.7 Å². The Morgan fingerprint density at radius 3 is 2.31 bits per heavy atom. The van der Waals surface area contributed by atoms with E-state index in [-0.39, 0.29) is 43.8 Å². The molecule has 3 rings (SSSR count). The Morgan fingerprint density at radius 1 is 1.08 bits per heavy atom. The van der Waals surface area contributed by atoms with Crippen LogP contribution in [0.5, 0.6) is 0 Å². The van der Waals surface area contributed by atoms with E-state index in [1.165, 1.54) is 9.21 Å². The van der Waals surface area contributed by atoms with Crippen LogP contribution in [0.1, 0.15) is 63.0 Å². The average molecular weight is 617 g/mol.